The Morgan fingerprint density at radius 3 is 2.72 bits per heavy atom. The molecule has 166 valence electrons. The number of carbonyl (C=O) groups excluding carboxylic acids is 2. The first kappa shape index (κ1) is 21.5. The van der Waals surface area contributed by atoms with Crippen LogP contribution >= 0.6 is 0 Å². The van der Waals surface area contributed by atoms with Gasteiger partial charge in [0.1, 0.15) is 5.82 Å². The molecule has 1 aliphatic rings. The first-order valence-electron chi connectivity index (χ1n) is 10.8. The molecule has 0 spiro atoms. The average Bonchev–Trinajstić information content (AvgIpc) is 3.17. The van der Waals surface area contributed by atoms with Crippen LogP contribution in [0.5, 0.6) is 0 Å². The Balaban J connectivity index is 1.40. The Morgan fingerprint density at radius 1 is 1.12 bits per heavy atom. The van der Waals surface area contributed by atoms with Crippen molar-refractivity contribution in [2.24, 2.45) is 0 Å². The average molecular weight is 435 g/mol. The van der Waals surface area contributed by atoms with Gasteiger partial charge < -0.3 is 10.6 Å². The van der Waals surface area contributed by atoms with Crippen molar-refractivity contribution < 1.29 is 9.59 Å². The van der Waals surface area contributed by atoms with Gasteiger partial charge in [-0.15, -0.1) is 0 Å². The summed E-state index contributed by atoms with van der Waals surface area (Å²) in [5.74, 6) is -1.03. The van der Waals surface area contributed by atoms with Gasteiger partial charge in [0.2, 0.25) is 5.95 Å². The van der Waals surface area contributed by atoms with Crippen LogP contribution in [0.2, 0.25) is 0 Å². The van der Waals surface area contributed by atoms with Crippen LogP contribution in [0.15, 0.2) is 41.2 Å². The molecule has 1 aromatic carbocycles. The lowest BCUT2D eigenvalue weighted by Gasteiger charge is -2.15. The maximum absolute atomic E-state index is 12.5. The molecule has 2 heterocycles. The summed E-state index contributed by atoms with van der Waals surface area (Å²) < 4.78 is 1.35. The smallest absolute Gasteiger partial charge is 0.314 e. The lowest BCUT2D eigenvalue weighted by Crippen LogP contribution is -2.36. The number of carbonyl (C=O) groups is 2. The fraction of sp³-hybridized carbons (Fsp3) is 0.348. The van der Waals surface area contributed by atoms with E-state index in [0.29, 0.717) is 24.2 Å². The first-order valence-corrected chi connectivity index (χ1v) is 10.8. The molecule has 0 fully saturated rings. The molecule has 0 atom stereocenters. The van der Waals surface area contributed by atoms with Crippen LogP contribution in [0.25, 0.3) is 5.95 Å². The molecule has 3 aromatic rings. The number of aromatic nitrogens is 4. The Kier molecular flexibility index (Phi) is 6.44. The van der Waals surface area contributed by atoms with Crippen LogP contribution in [-0.2, 0) is 28.9 Å². The summed E-state index contributed by atoms with van der Waals surface area (Å²) in [4.78, 5) is 44.4. The van der Waals surface area contributed by atoms with Crippen molar-refractivity contribution in [1.29, 1.82) is 0 Å². The van der Waals surface area contributed by atoms with Crippen molar-refractivity contribution in [3.63, 3.8) is 0 Å². The van der Waals surface area contributed by atoms with E-state index in [-0.39, 0.29) is 17.3 Å². The van der Waals surface area contributed by atoms with Gasteiger partial charge >= 0.3 is 11.8 Å². The second kappa shape index (κ2) is 9.59. The van der Waals surface area contributed by atoms with Crippen LogP contribution < -0.4 is 16.2 Å². The number of anilines is 1. The third-order valence-electron chi connectivity index (χ3n) is 5.43. The Bertz CT molecular complexity index is 1180. The van der Waals surface area contributed by atoms with Crippen LogP contribution in [-0.4, -0.2) is 38.1 Å². The van der Waals surface area contributed by atoms with Crippen molar-refractivity contribution in [1.82, 2.24) is 25.1 Å². The number of hydrogen-bond acceptors (Lipinski definition) is 5. The molecule has 2 amide bonds. The molecule has 0 saturated carbocycles. The fourth-order valence-corrected chi connectivity index (χ4v) is 3.83. The number of benzene rings is 1. The van der Waals surface area contributed by atoms with Crippen molar-refractivity contribution in [3.8, 4) is 5.95 Å². The van der Waals surface area contributed by atoms with E-state index in [1.54, 1.807) is 13.0 Å². The zero-order valence-electron chi connectivity index (χ0n) is 18.0. The summed E-state index contributed by atoms with van der Waals surface area (Å²) in [5, 5.41) is 9.54. The normalized spacial score (nSPS) is 12.8. The predicted octanol–water partition coefficient (Wildman–Crippen LogP) is 1.83. The van der Waals surface area contributed by atoms with E-state index < -0.39 is 11.8 Å². The molecule has 3 N–H and O–H groups in total. The van der Waals surface area contributed by atoms with Gasteiger partial charge in [0.15, 0.2) is 0 Å². The van der Waals surface area contributed by atoms with Crippen LogP contribution in [0.3, 0.4) is 0 Å². The molecule has 4 rings (SSSR count). The molecular formula is C23H26N6O3. The molecule has 0 aliphatic heterocycles. The number of hydrogen-bond donors (Lipinski definition) is 3. The lowest BCUT2D eigenvalue weighted by atomic mass is 9.97. The highest BCUT2D eigenvalue weighted by Crippen LogP contribution is 2.19. The highest BCUT2D eigenvalue weighted by molar-refractivity contribution is 6.39. The van der Waals surface area contributed by atoms with Crippen LogP contribution in [0.1, 0.15) is 41.8 Å². The third kappa shape index (κ3) is 4.93. The number of aromatic amines is 1. The van der Waals surface area contributed by atoms with E-state index in [2.05, 4.69) is 25.7 Å². The van der Waals surface area contributed by atoms with Crippen molar-refractivity contribution in [2.45, 2.75) is 45.4 Å². The summed E-state index contributed by atoms with van der Waals surface area (Å²) in [6.07, 6.45) is 4.94. The van der Waals surface area contributed by atoms with Gasteiger partial charge in [-0.05, 0) is 51.0 Å². The van der Waals surface area contributed by atoms with E-state index in [1.165, 1.54) is 10.2 Å². The predicted molar refractivity (Wildman–Crippen MR) is 120 cm³/mol. The van der Waals surface area contributed by atoms with Gasteiger partial charge in [0.05, 0.1) is 11.4 Å². The molecular weight excluding hydrogens is 408 g/mol. The number of nitrogens with one attached hydrogen (secondary N) is 3. The van der Waals surface area contributed by atoms with Gasteiger partial charge in [0.25, 0.3) is 5.56 Å². The van der Waals surface area contributed by atoms with Crippen LogP contribution in [0.4, 0.5) is 5.82 Å². The van der Waals surface area contributed by atoms with E-state index in [9.17, 15) is 14.4 Å². The van der Waals surface area contributed by atoms with E-state index in [1.807, 2.05) is 30.3 Å². The maximum atomic E-state index is 12.5. The molecule has 9 heteroatoms. The SMILES string of the molecule is Cc1cc(NC(=O)C(=O)NCCCc2ccccc2)n(-c2nc3c(c(=O)[nH]2)CCCC3)n1. The molecule has 0 radical (unpaired) electrons. The number of nitrogens with zero attached hydrogens (tertiary/aromatic N) is 3. The first-order chi connectivity index (χ1) is 15.5. The topological polar surface area (TPSA) is 122 Å². The molecule has 1 aliphatic carbocycles. The van der Waals surface area contributed by atoms with Gasteiger partial charge in [0, 0.05) is 18.2 Å². The van der Waals surface area contributed by atoms with Crippen molar-refractivity contribution in [2.75, 3.05) is 11.9 Å². The number of rotatable bonds is 6. The Labute approximate surface area is 185 Å². The van der Waals surface area contributed by atoms with Crippen molar-refractivity contribution >= 4 is 17.6 Å². The molecule has 0 saturated heterocycles. The summed E-state index contributed by atoms with van der Waals surface area (Å²) in [6, 6.07) is 11.6. The minimum atomic E-state index is -0.800. The van der Waals surface area contributed by atoms with E-state index in [0.717, 1.165) is 37.8 Å². The van der Waals surface area contributed by atoms with E-state index >= 15 is 0 Å². The van der Waals surface area contributed by atoms with Crippen LogP contribution in [0, 0.1) is 6.92 Å². The third-order valence-corrected chi connectivity index (χ3v) is 5.43. The van der Waals surface area contributed by atoms with Crippen molar-refractivity contribution in [3.05, 3.63) is 69.3 Å². The summed E-state index contributed by atoms with van der Waals surface area (Å²) >= 11 is 0. The number of fused-ring (bicyclic) bond motifs is 1. The summed E-state index contributed by atoms with van der Waals surface area (Å²) in [6.45, 7) is 2.14. The largest absolute Gasteiger partial charge is 0.348 e. The maximum Gasteiger partial charge on any atom is 0.314 e. The minimum absolute atomic E-state index is 0.189. The summed E-state index contributed by atoms with van der Waals surface area (Å²) in [5.41, 5.74) is 3.08. The minimum Gasteiger partial charge on any atom is -0.348 e. The second-order valence-corrected chi connectivity index (χ2v) is 7.90. The summed E-state index contributed by atoms with van der Waals surface area (Å²) in [7, 11) is 0. The molecule has 0 unspecified atom stereocenters. The van der Waals surface area contributed by atoms with Gasteiger partial charge in [-0.1, -0.05) is 30.3 Å². The van der Waals surface area contributed by atoms with Gasteiger partial charge in [-0.2, -0.15) is 9.78 Å². The highest BCUT2D eigenvalue weighted by Gasteiger charge is 2.20. The number of amides is 2. The quantitative estimate of drug-likeness (QED) is 0.404. The number of H-pyrrole nitrogens is 1. The molecule has 2 aromatic heterocycles. The zero-order valence-corrected chi connectivity index (χ0v) is 18.0. The number of aryl methyl sites for hydroxylation is 3. The molecule has 0 bridgehead atoms. The second-order valence-electron chi connectivity index (χ2n) is 7.90. The monoisotopic (exact) mass is 434 g/mol. The Morgan fingerprint density at radius 2 is 1.91 bits per heavy atom. The Hall–Kier alpha value is -3.75. The van der Waals surface area contributed by atoms with Gasteiger partial charge in [-0.25, -0.2) is 4.98 Å². The standard InChI is InChI=1S/C23H26N6O3/c1-15-14-19(26-22(32)21(31)24-13-7-10-16-8-3-2-4-9-16)29(28-15)23-25-18-12-6-5-11-17(18)20(30)27-23/h2-4,8-9,14H,5-7,10-13H2,1H3,(H,24,31)(H,26,32)(H,25,27,30). The van der Waals surface area contributed by atoms with Gasteiger partial charge in [-0.3, -0.25) is 19.4 Å². The molecule has 32 heavy (non-hydrogen) atoms. The van der Waals surface area contributed by atoms with E-state index in [4.69, 9.17) is 0 Å². The fourth-order valence-electron chi connectivity index (χ4n) is 3.83. The highest BCUT2D eigenvalue weighted by atomic mass is 16.2. The molecule has 9 nitrogen and oxygen atoms in total. The zero-order chi connectivity index (χ0) is 22.5. The lowest BCUT2D eigenvalue weighted by molar-refractivity contribution is -0.136.